The number of carbonyl (C=O) groups is 3. The zero-order valence-electron chi connectivity index (χ0n) is 14.6. The average molecular weight is 330 g/mol. The van der Waals surface area contributed by atoms with Gasteiger partial charge in [-0.05, 0) is 18.1 Å². The fourth-order valence-electron chi connectivity index (χ4n) is 3.14. The van der Waals surface area contributed by atoms with Gasteiger partial charge in [0.15, 0.2) is 0 Å². The predicted octanol–water partition coefficient (Wildman–Crippen LogP) is 1.92. The Morgan fingerprint density at radius 1 is 1.33 bits per heavy atom. The van der Waals surface area contributed by atoms with Gasteiger partial charge >= 0.3 is 0 Å². The fraction of sp³-hybridized carbons (Fsp3) is 0.526. The van der Waals surface area contributed by atoms with Crippen molar-refractivity contribution in [1.29, 1.82) is 0 Å². The van der Waals surface area contributed by atoms with Gasteiger partial charge in [-0.1, -0.05) is 39.0 Å². The van der Waals surface area contributed by atoms with Crippen LogP contribution in [0, 0.1) is 11.3 Å². The molecule has 1 N–H and O–H groups in total. The Morgan fingerprint density at radius 2 is 2.00 bits per heavy atom. The van der Waals surface area contributed by atoms with Crippen molar-refractivity contribution >= 4 is 18.0 Å². The van der Waals surface area contributed by atoms with Gasteiger partial charge in [-0.25, -0.2) is 0 Å². The number of rotatable bonds is 6. The maximum absolute atomic E-state index is 12.2. The molecule has 1 heterocycles. The maximum Gasteiger partial charge on any atom is 0.251 e. The number of likely N-dealkylation sites (tertiary alicyclic amines) is 1. The molecule has 1 aliphatic rings. The van der Waals surface area contributed by atoms with E-state index in [1.165, 1.54) is 0 Å². The molecule has 0 spiro atoms. The van der Waals surface area contributed by atoms with Gasteiger partial charge in [-0.3, -0.25) is 9.59 Å². The minimum Gasteiger partial charge on any atom is -0.342 e. The first-order valence-electron chi connectivity index (χ1n) is 8.40. The Kier molecular flexibility index (Phi) is 5.89. The summed E-state index contributed by atoms with van der Waals surface area (Å²) in [7, 11) is 0. The van der Waals surface area contributed by atoms with Crippen molar-refractivity contribution in [3.8, 4) is 0 Å². The van der Waals surface area contributed by atoms with Gasteiger partial charge in [0.1, 0.15) is 12.1 Å². The summed E-state index contributed by atoms with van der Waals surface area (Å²) in [6.45, 7) is 7.95. The number of aldehydes is 1. The molecule has 1 aromatic rings. The van der Waals surface area contributed by atoms with E-state index in [0.29, 0.717) is 31.6 Å². The van der Waals surface area contributed by atoms with Crippen LogP contribution >= 0.6 is 0 Å². The van der Waals surface area contributed by atoms with E-state index in [1.807, 2.05) is 26.8 Å². The Bertz CT molecular complexity index is 598. The molecule has 0 bridgehead atoms. The smallest absolute Gasteiger partial charge is 0.251 e. The van der Waals surface area contributed by atoms with Crippen molar-refractivity contribution in [3.05, 3.63) is 35.9 Å². The summed E-state index contributed by atoms with van der Waals surface area (Å²) in [5.74, 6) is 0.0172. The maximum atomic E-state index is 12.2. The lowest BCUT2D eigenvalue weighted by Gasteiger charge is -2.38. The second-order valence-corrected chi connectivity index (χ2v) is 7.27. The minimum absolute atomic E-state index is 0.0286. The molecule has 1 amide bonds. The highest BCUT2D eigenvalue weighted by molar-refractivity contribution is 5.95. The molecule has 1 aliphatic heterocycles. The van der Waals surface area contributed by atoms with E-state index in [9.17, 15) is 14.4 Å². The topological polar surface area (TPSA) is 66.5 Å². The Balaban J connectivity index is 1.94. The van der Waals surface area contributed by atoms with E-state index in [-0.39, 0.29) is 23.0 Å². The first-order valence-corrected chi connectivity index (χ1v) is 8.40. The largest absolute Gasteiger partial charge is 0.342 e. The van der Waals surface area contributed by atoms with Crippen LogP contribution in [-0.4, -0.2) is 48.6 Å². The minimum atomic E-state index is -0.543. The zero-order valence-corrected chi connectivity index (χ0v) is 14.6. The highest BCUT2D eigenvalue weighted by Crippen LogP contribution is 2.25. The number of nitrogens with zero attached hydrogens (tertiary/aromatic N) is 1. The normalized spacial score (nSPS) is 20.2. The third-order valence-corrected chi connectivity index (χ3v) is 4.67. The van der Waals surface area contributed by atoms with Crippen LogP contribution in [0.2, 0.25) is 0 Å². The number of carbonyl (C=O) groups excluding carboxylic acids is 3. The summed E-state index contributed by atoms with van der Waals surface area (Å²) >= 11 is 0. The number of nitrogens with one attached hydrogen (secondary N) is 1. The molecular weight excluding hydrogens is 304 g/mol. The molecule has 2 unspecified atom stereocenters. The summed E-state index contributed by atoms with van der Waals surface area (Å²) < 4.78 is 0. The van der Waals surface area contributed by atoms with Gasteiger partial charge < -0.3 is 15.0 Å². The second-order valence-electron chi connectivity index (χ2n) is 7.27. The average Bonchev–Trinajstić information content (AvgIpc) is 2.56. The zero-order chi connectivity index (χ0) is 17.7. The van der Waals surface area contributed by atoms with Crippen LogP contribution in [-0.2, 0) is 9.59 Å². The predicted molar refractivity (Wildman–Crippen MR) is 92.8 cm³/mol. The Morgan fingerprint density at radius 3 is 2.58 bits per heavy atom. The summed E-state index contributed by atoms with van der Waals surface area (Å²) in [5, 5.41) is 2.80. The Hall–Kier alpha value is -2.01. The van der Waals surface area contributed by atoms with Crippen molar-refractivity contribution in [2.45, 2.75) is 33.2 Å². The molecule has 130 valence electrons. The van der Waals surface area contributed by atoms with Gasteiger partial charge in [-0.2, -0.15) is 0 Å². The molecular formula is C19H26N2O3. The van der Waals surface area contributed by atoms with E-state index in [0.717, 1.165) is 6.29 Å². The molecule has 1 saturated heterocycles. The number of piperidine rings is 1. The lowest BCUT2D eigenvalue weighted by atomic mass is 9.82. The summed E-state index contributed by atoms with van der Waals surface area (Å²) in [5.41, 5.74) is 0.198. The van der Waals surface area contributed by atoms with Crippen LogP contribution in [0.4, 0.5) is 0 Å². The molecule has 0 aliphatic carbocycles. The molecule has 5 heteroatoms. The highest BCUT2D eigenvalue weighted by Gasteiger charge is 2.35. The van der Waals surface area contributed by atoms with Gasteiger partial charge in [0.2, 0.25) is 0 Å². The van der Waals surface area contributed by atoms with Crippen molar-refractivity contribution in [1.82, 2.24) is 10.2 Å². The molecule has 2 atom stereocenters. The number of hydrogen-bond acceptors (Lipinski definition) is 4. The summed E-state index contributed by atoms with van der Waals surface area (Å²) in [6.07, 6.45) is 1.34. The van der Waals surface area contributed by atoms with E-state index >= 15 is 0 Å². The summed E-state index contributed by atoms with van der Waals surface area (Å²) in [4.78, 5) is 37.8. The number of hydrogen-bond donors (Lipinski definition) is 1. The molecule has 0 aromatic heterocycles. The van der Waals surface area contributed by atoms with Crippen molar-refractivity contribution in [3.63, 3.8) is 0 Å². The third kappa shape index (κ3) is 4.51. The first kappa shape index (κ1) is 18.3. The fourth-order valence-corrected chi connectivity index (χ4v) is 3.14. The molecule has 2 rings (SSSR count). The van der Waals surface area contributed by atoms with Gasteiger partial charge in [-0.15, -0.1) is 0 Å². The van der Waals surface area contributed by atoms with Gasteiger partial charge in [0.05, 0.1) is 6.04 Å². The standard InChI is InChI=1S/C19H26N2O3/c1-14(11-21-10-9-17(23)19(2,3)13-21)16(12-22)20-18(24)15-7-5-4-6-8-15/h4-8,12,14,16H,9-11,13H2,1-3H3,(H,20,24). The van der Waals surface area contributed by atoms with E-state index in [4.69, 9.17) is 0 Å². The van der Waals surface area contributed by atoms with Crippen LogP contribution in [0.15, 0.2) is 30.3 Å². The molecule has 1 fully saturated rings. The molecule has 0 radical (unpaired) electrons. The molecule has 5 nitrogen and oxygen atoms in total. The molecule has 24 heavy (non-hydrogen) atoms. The number of Topliss-reactive ketones (excluding diaryl/α,β-unsaturated/α-hetero) is 1. The number of amides is 1. The van der Waals surface area contributed by atoms with Crippen LogP contribution in [0.5, 0.6) is 0 Å². The Labute approximate surface area is 143 Å². The van der Waals surface area contributed by atoms with Crippen LogP contribution in [0.1, 0.15) is 37.6 Å². The molecule has 0 saturated carbocycles. The van der Waals surface area contributed by atoms with Crippen molar-refractivity contribution < 1.29 is 14.4 Å². The quantitative estimate of drug-likeness (QED) is 0.809. The van der Waals surface area contributed by atoms with Gasteiger partial charge in [0.25, 0.3) is 5.91 Å². The number of benzene rings is 1. The van der Waals surface area contributed by atoms with E-state index in [2.05, 4.69) is 10.2 Å². The van der Waals surface area contributed by atoms with Crippen molar-refractivity contribution in [2.75, 3.05) is 19.6 Å². The first-order chi connectivity index (χ1) is 11.3. The van der Waals surface area contributed by atoms with Crippen molar-refractivity contribution in [2.24, 2.45) is 11.3 Å². The van der Waals surface area contributed by atoms with E-state index < -0.39 is 6.04 Å². The highest BCUT2D eigenvalue weighted by atomic mass is 16.2. The lowest BCUT2D eigenvalue weighted by Crippen LogP contribution is -2.50. The monoisotopic (exact) mass is 330 g/mol. The third-order valence-electron chi connectivity index (χ3n) is 4.67. The van der Waals surface area contributed by atoms with Crippen LogP contribution in [0.3, 0.4) is 0 Å². The van der Waals surface area contributed by atoms with Gasteiger partial charge in [0, 0.05) is 37.0 Å². The number of ketones is 1. The SMILES string of the molecule is CC(CN1CCC(=O)C(C)(C)C1)C(C=O)NC(=O)c1ccccc1. The van der Waals surface area contributed by atoms with Crippen LogP contribution < -0.4 is 5.32 Å². The lowest BCUT2D eigenvalue weighted by molar-refractivity contribution is -0.132. The van der Waals surface area contributed by atoms with Crippen LogP contribution in [0.25, 0.3) is 0 Å². The molecule has 1 aromatic carbocycles. The van der Waals surface area contributed by atoms with E-state index in [1.54, 1.807) is 24.3 Å². The summed E-state index contributed by atoms with van der Waals surface area (Å²) in [6, 6.07) is 8.33. The second kappa shape index (κ2) is 7.71.